The highest BCUT2D eigenvalue weighted by Crippen LogP contribution is 2.15. The number of ether oxygens (including phenoxy) is 1. The molecule has 0 spiro atoms. The Bertz CT molecular complexity index is 473. The van der Waals surface area contributed by atoms with E-state index in [2.05, 4.69) is 20.9 Å². The van der Waals surface area contributed by atoms with Crippen molar-refractivity contribution in [2.75, 3.05) is 0 Å². The molecule has 1 aromatic heterocycles. The summed E-state index contributed by atoms with van der Waals surface area (Å²) in [5.74, 6) is -0.412. The SMILES string of the molecule is Fc1cccnc1OCc1ccc(Br)cc1. The van der Waals surface area contributed by atoms with Crippen molar-refractivity contribution in [1.82, 2.24) is 4.98 Å². The summed E-state index contributed by atoms with van der Waals surface area (Å²) in [5, 5.41) is 0. The standard InChI is InChI=1S/C12H9BrFNO/c13-10-5-3-9(4-6-10)8-16-12-11(14)2-1-7-15-12/h1-7H,8H2. The summed E-state index contributed by atoms with van der Waals surface area (Å²) in [6, 6.07) is 10.5. The lowest BCUT2D eigenvalue weighted by molar-refractivity contribution is 0.277. The summed E-state index contributed by atoms with van der Waals surface area (Å²) in [5.41, 5.74) is 0.966. The van der Waals surface area contributed by atoms with Crippen LogP contribution in [0.3, 0.4) is 0 Å². The fourth-order valence-corrected chi connectivity index (χ4v) is 1.47. The zero-order chi connectivity index (χ0) is 11.4. The van der Waals surface area contributed by atoms with Crippen molar-refractivity contribution in [2.45, 2.75) is 6.61 Å². The highest BCUT2D eigenvalue weighted by molar-refractivity contribution is 9.10. The average molecular weight is 282 g/mol. The van der Waals surface area contributed by atoms with Crippen LogP contribution in [0.15, 0.2) is 47.1 Å². The lowest BCUT2D eigenvalue weighted by Crippen LogP contribution is -1.98. The Morgan fingerprint density at radius 3 is 2.62 bits per heavy atom. The minimum Gasteiger partial charge on any atom is -0.471 e. The number of halogens is 2. The maximum atomic E-state index is 13.2. The Balaban J connectivity index is 2.02. The van der Waals surface area contributed by atoms with Crippen LogP contribution < -0.4 is 4.74 Å². The first kappa shape index (κ1) is 11.1. The largest absolute Gasteiger partial charge is 0.471 e. The highest BCUT2D eigenvalue weighted by atomic mass is 79.9. The van der Waals surface area contributed by atoms with E-state index in [4.69, 9.17) is 4.74 Å². The van der Waals surface area contributed by atoms with Crippen molar-refractivity contribution in [3.05, 3.63) is 58.4 Å². The van der Waals surface area contributed by atoms with Crippen molar-refractivity contribution >= 4 is 15.9 Å². The van der Waals surface area contributed by atoms with E-state index in [1.807, 2.05) is 24.3 Å². The van der Waals surface area contributed by atoms with Crippen molar-refractivity contribution in [2.24, 2.45) is 0 Å². The number of hydrogen-bond donors (Lipinski definition) is 0. The summed E-state index contributed by atoms with van der Waals surface area (Å²) in [4.78, 5) is 3.80. The van der Waals surface area contributed by atoms with Gasteiger partial charge in [0, 0.05) is 10.7 Å². The molecule has 0 bridgehead atoms. The quantitative estimate of drug-likeness (QED) is 0.858. The van der Waals surface area contributed by atoms with Crippen molar-refractivity contribution in [3.63, 3.8) is 0 Å². The predicted molar refractivity (Wildman–Crippen MR) is 62.7 cm³/mol. The molecular formula is C12H9BrFNO. The molecule has 0 atom stereocenters. The van der Waals surface area contributed by atoms with Gasteiger partial charge in [0.25, 0.3) is 5.88 Å². The van der Waals surface area contributed by atoms with Gasteiger partial charge in [-0.25, -0.2) is 9.37 Å². The van der Waals surface area contributed by atoms with Crippen LogP contribution in [-0.4, -0.2) is 4.98 Å². The minimum atomic E-state index is -0.445. The molecule has 0 radical (unpaired) electrons. The van der Waals surface area contributed by atoms with Gasteiger partial charge in [0.05, 0.1) is 0 Å². The summed E-state index contributed by atoms with van der Waals surface area (Å²) < 4.78 is 19.4. The van der Waals surface area contributed by atoms with Crippen LogP contribution in [0.4, 0.5) is 4.39 Å². The third-order valence-electron chi connectivity index (χ3n) is 2.01. The molecule has 2 nitrogen and oxygen atoms in total. The van der Waals surface area contributed by atoms with E-state index in [0.29, 0.717) is 6.61 Å². The van der Waals surface area contributed by atoms with E-state index in [9.17, 15) is 4.39 Å². The number of pyridine rings is 1. The van der Waals surface area contributed by atoms with Gasteiger partial charge in [-0.2, -0.15) is 0 Å². The molecule has 1 heterocycles. The summed E-state index contributed by atoms with van der Waals surface area (Å²) >= 11 is 3.34. The molecule has 0 N–H and O–H groups in total. The van der Waals surface area contributed by atoms with Gasteiger partial charge >= 0.3 is 0 Å². The first-order valence-electron chi connectivity index (χ1n) is 4.73. The molecule has 2 rings (SSSR count). The van der Waals surface area contributed by atoms with Crippen molar-refractivity contribution in [1.29, 1.82) is 0 Å². The smallest absolute Gasteiger partial charge is 0.250 e. The van der Waals surface area contributed by atoms with Gasteiger partial charge in [-0.05, 0) is 29.8 Å². The van der Waals surface area contributed by atoms with Crippen molar-refractivity contribution < 1.29 is 9.13 Å². The van der Waals surface area contributed by atoms with E-state index in [1.54, 1.807) is 0 Å². The predicted octanol–water partition coefficient (Wildman–Crippen LogP) is 3.56. The molecule has 1 aromatic carbocycles. The highest BCUT2D eigenvalue weighted by Gasteiger charge is 2.03. The summed E-state index contributed by atoms with van der Waals surface area (Å²) in [7, 11) is 0. The molecule has 2 aromatic rings. The van der Waals surface area contributed by atoms with Gasteiger partial charge in [-0.15, -0.1) is 0 Å². The maximum Gasteiger partial charge on any atom is 0.250 e. The Labute approximate surface area is 101 Å². The zero-order valence-electron chi connectivity index (χ0n) is 8.36. The average Bonchev–Trinajstić information content (AvgIpc) is 2.30. The molecule has 0 aliphatic heterocycles. The second-order valence-electron chi connectivity index (χ2n) is 3.21. The van der Waals surface area contributed by atoms with Crippen LogP contribution in [0, 0.1) is 5.82 Å². The normalized spacial score (nSPS) is 10.1. The van der Waals surface area contributed by atoms with E-state index in [1.165, 1.54) is 18.3 Å². The molecular weight excluding hydrogens is 273 g/mol. The molecule has 0 unspecified atom stereocenters. The Kier molecular flexibility index (Phi) is 3.51. The maximum absolute atomic E-state index is 13.2. The van der Waals surface area contributed by atoms with E-state index < -0.39 is 5.82 Å². The number of nitrogens with zero attached hydrogens (tertiary/aromatic N) is 1. The fourth-order valence-electron chi connectivity index (χ4n) is 1.21. The fraction of sp³-hybridized carbons (Fsp3) is 0.0833. The molecule has 0 saturated carbocycles. The minimum absolute atomic E-state index is 0.0328. The Morgan fingerprint density at radius 2 is 1.94 bits per heavy atom. The molecule has 16 heavy (non-hydrogen) atoms. The third kappa shape index (κ3) is 2.79. The second kappa shape index (κ2) is 5.07. The van der Waals surface area contributed by atoms with Crippen molar-refractivity contribution in [3.8, 4) is 5.88 Å². The summed E-state index contributed by atoms with van der Waals surface area (Å²) in [6.45, 7) is 0.307. The molecule has 0 aliphatic carbocycles. The lowest BCUT2D eigenvalue weighted by atomic mass is 10.2. The van der Waals surface area contributed by atoms with Gasteiger partial charge in [-0.3, -0.25) is 0 Å². The Hall–Kier alpha value is -1.42. The van der Waals surface area contributed by atoms with Crippen LogP contribution in [0.25, 0.3) is 0 Å². The van der Waals surface area contributed by atoms with E-state index >= 15 is 0 Å². The summed E-state index contributed by atoms with van der Waals surface area (Å²) in [6.07, 6.45) is 1.50. The van der Waals surface area contributed by atoms with Crippen LogP contribution in [0.1, 0.15) is 5.56 Å². The van der Waals surface area contributed by atoms with Crippen LogP contribution >= 0.6 is 15.9 Å². The van der Waals surface area contributed by atoms with Crippen LogP contribution in [0.2, 0.25) is 0 Å². The number of hydrogen-bond acceptors (Lipinski definition) is 2. The molecule has 0 saturated heterocycles. The van der Waals surface area contributed by atoms with Crippen LogP contribution in [-0.2, 0) is 6.61 Å². The molecule has 82 valence electrons. The number of benzene rings is 1. The van der Waals surface area contributed by atoms with E-state index in [-0.39, 0.29) is 5.88 Å². The third-order valence-corrected chi connectivity index (χ3v) is 2.54. The number of aromatic nitrogens is 1. The van der Waals surface area contributed by atoms with Gasteiger partial charge in [-0.1, -0.05) is 28.1 Å². The first-order valence-corrected chi connectivity index (χ1v) is 5.53. The van der Waals surface area contributed by atoms with Gasteiger partial charge in [0.2, 0.25) is 0 Å². The monoisotopic (exact) mass is 281 g/mol. The second-order valence-corrected chi connectivity index (χ2v) is 4.12. The topological polar surface area (TPSA) is 22.1 Å². The van der Waals surface area contributed by atoms with Gasteiger partial charge in [0.15, 0.2) is 5.82 Å². The van der Waals surface area contributed by atoms with Gasteiger partial charge < -0.3 is 4.74 Å². The molecule has 0 fully saturated rings. The van der Waals surface area contributed by atoms with E-state index in [0.717, 1.165) is 10.0 Å². The molecule has 0 amide bonds. The first-order chi connectivity index (χ1) is 7.75. The molecule has 0 aliphatic rings. The Morgan fingerprint density at radius 1 is 1.19 bits per heavy atom. The zero-order valence-corrected chi connectivity index (χ0v) is 9.95. The number of rotatable bonds is 3. The molecule has 4 heteroatoms. The lowest BCUT2D eigenvalue weighted by Gasteiger charge is -2.05. The van der Waals surface area contributed by atoms with Gasteiger partial charge in [0.1, 0.15) is 6.61 Å². The van der Waals surface area contributed by atoms with Crippen LogP contribution in [0.5, 0.6) is 5.88 Å².